The van der Waals surface area contributed by atoms with Crippen LogP contribution in [0.1, 0.15) is 13.8 Å². The molecule has 0 aliphatic carbocycles. The molecule has 0 saturated heterocycles. The van der Waals surface area contributed by atoms with E-state index in [2.05, 4.69) is 10.2 Å². The van der Waals surface area contributed by atoms with Gasteiger partial charge in [0.15, 0.2) is 0 Å². The summed E-state index contributed by atoms with van der Waals surface area (Å²) in [7, 11) is 0. The average Bonchev–Trinajstić information content (AvgIpc) is 1.69. The normalized spacial score (nSPS) is 11.7. The number of hydrogen-bond donors (Lipinski definition) is 0. The highest BCUT2D eigenvalue weighted by molar-refractivity contribution is 4.70. The van der Waals surface area contributed by atoms with Gasteiger partial charge in [-0.3, -0.25) is 0 Å². The van der Waals surface area contributed by atoms with Crippen molar-refractivity contribution in [1.82, 2.24) is 0 Å². The minimum atomic E-state index is 0.768. The molecular formula is C5H10N2. The van der Waals surface area contributed by atoms with Gasteiger partial charge in [-0.15, -0.1) is 0 Å². The van der Waals surface area contributed by atoms with E-state index >= 15 is 0 Å². The van der Waals surface area contributed by atoms with Crippen molar-refractivity contribution in [3.05, 3.63) is 12.3 Å². The van der Waals surface area contributed by atoms with Crippen LogP contribution in [0.15, 0.2) is 22.5 Å². The molecule has 2 nitrogen and oxygen atoms in total. The molecule has 0 aromatic carbocycles. The van der Waals surface area contributed by atoms with Crippen molar-refractivity contribution >= 4 is 0 Å². The van der Waals surface area contributed by atoms with E-state index in [0.717, 1.165) is 6.54 Å². The minimum Gasteiger partial charge on any atom is -0.190 e. The molecule has 0 bridgehead atoms. The molecule has 0 spiro atoms. The lowest BCUT2D eigenvalue weighted by Crippen LogP contribution is -1.58. The van der Waals surface area contributed by atoms with Gasteiger partial charge in [-0.05, 0) is 13.8 Å². The van der Waals surface area contributed by atoms with Crippen LogP contribution in [0.3, 0.4) is 0 Å². The van der Waals surface area contributed by atoms with Crippen LogP contribution in [0.4, 0.5) is 0 Å². The minimum absolute atomic E-state index is 0.768. The highest BCUT2D eigenvalue weighted by Crippen LogP contribution is 1.75. The molecule has 0 radical (unpaired) electrons. The summed E-state index contributed by atoms with van der Waals surface area (Å²) in [6.07, 6.45) is 3.52. The summed E-state index contributed by atoms with van der Waals surface area (Å²) in [5.74, 6) is 0. The van der Waals surface area contributed by atoms with Crippen LogP contribution >= 0.6 is 0 Å². The lowest BCUT2D eigenvalue weighted by atomic mass is 10.7. The Morgan fingerprint density at radius 3 is 2.71 bits per heavy atom. The highest BCUT2D eigenvalue weighted by Gasteiger charge is 1.58. The molecule has 0 heterocycles. The fourth-order valence-electron chi connectivity index (χ4n) is 0.195. The maximum absolute atomic E-state index is 3.70. The van der Waals surface area contributed by atoms with Crippen LogP contribution in [-0.4, -0.2) is 6.54 Å². The van der Waals surface area contributed by atoms with Crippen molar-refractivity contribution in [3.8, 4) is 0 Å². The van der Waals surface area contributed by atoms with Crippen molar-refractivity contribution in [2.24, 2.45) is 10.2 Å². The molecule has 7 heavy (non-hydrogen) atoms. The summed E-state index contributed by atoms with van der Waals surface area (Å²) in [4.78, 5) is 0. The van der Waals surface area contributed by atoms with Gasteiger partial charge in [-0.1, -0.05) is 6.08 Å². The number of hydrogen-bond acceptors (Lipinski definition) is 2. The monoisotopic (exact) mass is 98.1 g/mol. The third kappa shape index (κ3) is 5.34. The van der Waals surface area contributed by atoms with E-state index in [1.807, 2.05) is 19.9 Å². The van der Waals surface area contributed by atoms with Gasteiger partial charge in [-0.2, -0.15) is 10.2 Å². The first kappa shape index (κ1) is 6.34. The Bertz CT molecular complexity index is 74.1. The number of allylic oxidation sites excluding steroid dienone is 1. The third-order valence-corrected chi connectivity index (χ3v) is 0.439. The van der Waals surface area contributed by atoms with E-state index in [0.29, 0.717) is 0 Å². The van der Waals surface area contributed by atoms with Crippen LogP contribution < -0.4 is 0 Å². The molecule has 40 valence electrons. The van der Waals surface area contributed by atoms with E-state index in [9.17, 15) is 0 Å². The summed E-state index contributed by atoms with van der Waals surface area (Å²) < 4.78 is 0. The van der Waals surface area contributed by atoms with E-state index in [1.165, 1.54) is 0 Å². The van der Waals surface area contributed by atoms with Crippen molar-refractivity contribution < 1.29 is 0 Å². The summed E-state index contributed by atoms with van der Waals surface area (Å²) in [6.45, 7) is 4.63. The van der Waals surface area contributed by atoms with Gasteiger partial charge in [0.05, 0.1) is 6.54 Å². The molecule has 0 N–H and O–H groups in total. The average molecular weight is 98.1 g/mol. The molecule has 0 atom stereocenters. The fourth-order valence-corrected chi connectivity index (χ4v) is 0.195. The second kappa shape index (κ2) is 5.34. The van der Waals surface area contributed by atoms with E-state index in [-0.39, 0.29) is 0 Å². The van der Waals surface area contributed by atoms with E-state index in [4.69, 9.17) is 0 Å². The molecule has 0 rings (SSSR count). The van der Waals surface area contributed by atoms with Gasteiger partial charge < -0.3 is 0 Å². The Kier molecular flexibility index (Phi) is 4.84. The molecular weight excluding hydrogens is 88.1 g/mol. The second-order valence-electron chi connectivity index (χ2n) is 1.06. The summed E-state index contributed by atoms with van der Waals surface area (Å²) in [6, 6.07) is 0. The van der Waals surface area contributed by atoms with Gasteiger partial charge in [0.25, 0.3) is 0 Å². The topological polar surface area (TPSA) is 24.7 Å². The standard InChI is InChI=1S/C5H10N2/c1-3-5-7-6-4-2/h3,5H,4H2,1-2H3/b5-3+,7-6?. The summed E-state index contributed by atoms with van der Waals surface area (Å²) >= 11 is 0. The van der Waals surface area contributed by atoms with Gasteiger partial charge in [0.1, 0.15) is 0 Å². The summed E-state index contributed by atoms with van der Waals surface area (Å²) in [5.41, 5.74) is 0. The summed E-state index contributed by atoms with van der Waals surface area (Å²) in [5, 5.41) is 7.35. The smallest absolute Gasteiger partial charge is 0.0574 e. The Hall–Kier alpha value is -0.660. The molecule has 0 fully saturated rings. The van der Waals surface area contributed by atoms with E-state index in [1.54, 1.807) is 6.20 Å². The zero-order valence-corrected chi connectivity index (χ0v) is 4.76. The lowest BCUT2D eigenvalue weighted by molar-refractivity contribution is 1.00. The second-order valence-corrected chi connectivity index (χ2v) is 1.06. The Morgan fingerprint density at radius 1 is 1.57 bits per heavy atom. The highest BCUT2D eigenvalue weighted by atomic mass is 15.1. The molecule has 0 unspecified atom stereocenters. The maximum Gasteiger partial charge on any atom is 0.0574 e. The molecule has 0 aromatic heterocycles. The molecule has 0 aliphatic heterocycles. The van der Waals surface area contributed by atoms with Crippen molar-refractivity contribution in [2.45, 2.75) is 13.8 Å². The first-order chi connectivity index (χ1) is 3.41. The number of azo groups is 1. The lowest BCUT2D eigenvalue weighted by Gasteiger charge is -1.71. The SMILES string of the molecule is C/C=C/N=NCC. The van der Waals surface area contributed by atoms with E-state index < -0.39 is 0 Å². The quantitative estimate of drug-likeness (QED) is 0.472. The van der Waals surface area contributed by atoms with Gasteiger partial charge in [-0.25, -0.2) is 0 Å². The predicted octanol–water partition coefficient (Wildman–Crippen LogP) is 1.99. The van der Waals surface area contributed by atoms with Gasteiger partial charge in [0.2, 0.25) is 0 Å². The Balaban J connectivity index is 3.09. The molecule has 0 amide bonds. The fraction of sp³-hybridized carbons (Fsp3) is 0.600. The van der Waals surface area contributed by atoms with Gasteiger partial charge in [0, 0.05) is 6.20 Å². The third-order valence-electron chi connectivity index (χ3n) is 0.439. The number of nitrogens with zero attached hydrogens (tertiary/aromatic N) is 2. The molecule has 0 aromatic rings. The number of rotatable bonds is 2. The Morgan fingerprint density at radius 2 is 2.29 bits per heavy atom. The van der Waals surface area contributed by atoms with Crippen molar-refractivity contribution in [1.29, 1.82) is 0 Å². The first-order valence-electron chi connectivity index (χ1n) is 2.39. The van der Waals surface area contributed by atoms with Crippen LogP contribution in [0.2, 0.25) is 0 Å². The van der Waals surface area contributed by atoms with Crippen LogP contribution in [0.5, 0.6) is 0 Å². The maximum atomic E-state index is 3.70. The van der Waals surface area contributed by atoms with Crippen molar-refractivity contribution in [3.63, 3.8) is 0 Å². The molecule has 0 saturated carbocycles. The van der Waals surface area contributed by atoms with Crippen LogP contribution in [0.25, 0.3) is 0 Å². The first-order valence-corrected chi connectivity index (χ1v) is 2.39. The predicted molar refractivity (Wildman–Crippen MR) is 30.2 cm³/mol. The molecule has 0 aliphatic rings. The molecule has 2 heteroatoms. The van der Waals surface area contributed by atoms with Crippen LogP contribution in [0, 0.1) is 0 Å². The van der Waals surface area contributed by atoms with Crippen molar-refractivity contribution in [2.75, 3.05) is 6.54 Å². The van der Waals surface area contributed by atoms with Crippen LogP contribution in [-0.2, 0) is 0 Å². The zero-order valence-electron chi connectivity index (χ0n) is 4.76. The largest absolute Gasteiger partial charge is 0.190 e. The van der Waals surface area contributed by atoms with Gasteiger partial charge >= 0.3 is 0 Å². The zero-order chi connectivity index (χ0) is 5.54. The Labute approximate surface area is 44.0 Å².